The first-order chi connectivity index (χ1) is 16.4. The van der Waals surface area contributed by atoms with Gasteiger partial charge in [-0.2, -0.15) is 0 Å². The standard InChI is InChI=1S/C28H43BN2O4/c1-17(2)13-24(29-34-23-16-20-15-22(27(20,5)6)28(23,7)35-29)31-26(33)21(30-25(32)18(3)4)14-19-11-9-8-10-12-19/h8-12,17-18,20-24H,13-16H2,1-7H3,(H,30,32)(H,31,33)/t20-,21+,22-,23?,24+,28-/m1/s1. The molecule has 2 N–H and O–H groups in total. The van der Waals surface area contributed by atoms with E-state index in [4.69, 9.17) is 9.31 Å². The summed E-state index contributed by atoms with van der Waals surface area (Å²) in [5.41, 5.74) is 0.950. The molecule has 1 heterocycles. The summed E-state index contributed by atoms with van der Waals surface area (Å²) in [5, 5.41) is 6.19. The number of hydrogen-bond donors (Lipinski definition) is 2. The van der Waals surface area contributed by atoms with Crippen LogP contribution in [-0.4, -0.2) is 42.6 Å². The molecule has 5 rings (SSSR count). The number of carbonyl (C=O) groups is 2. The predicted molar refractivity (Wildman–Crippen MR) is 138 cm³/mol. The van der Waals surface area contributed by atoms with E-state index < -0.39 is 13.2 Å². The minimum Gasteiger partial charge on any atom is -0.404 e. The third-order valence-electron chi connectivity index (χ3n) is 8.79. The molecule has 7 heteroatoms. The molecule has 2 bridgehead atoms. The van der Waals surface area contributed by atoms with E-state index in [1.807, 2.05) is 44.2 Å². The molecule has 1 aromatic carbocycles. The third-order valence-corrected chi connectivity index (χ3v) is 8.79. The summed E-state index contributed by atoms with van der Waals surface area (Å²) in [5.74, 6) is 0.695. The van der Waals surface area contributed by atoms with E-state index in [0.29, 0.717) is 24.2 Å². The van der Waals surface area contributed by atoms with E-state index in [2.05, 4.69) is 45.3 Å². The number of benzene rings is 1. The van der Waals surface area contributed by atoms with Crippen LogP contribution in [0.4, 0.5) is 0 Å². The quantitative estimate of drug-likeness (QED) is 0.518. The summed E-state index contributed by atoms with van der Waals surface area (Å²) in [6, 6.07) is 9.15. The van der Waals surface area contributed by atoms with Crippen LogP contribution in [0, 0.1) is 29.1 Å². The maximum atomic E-state index is 13.6. The molecule has 0 radical (unpaired) electrons. The molecule has 1 aromatic rings. The van der Waals surface area contributed by atoms with Crippen molar-refractivity contribution in [2.24, 2.45) is 29.1 Å². The predicted octanol–water partition coefficient (Wildman–Crippen LogP) is 4.17. The third kappa shape index (κ3) is 5.17. The topological polar surface area (TPSA) is 76.7 Å². The molecule has 2 amide bonds. The normalized spacial score (nSPS) is 30.4. The molecular weight excluding hydrogens is 439 g/mol. The number of hydrogen-bond acceptors (Lipinski definition) is 4. The molecular formula is C28H43BN2O4. The fourth-order valence-corrected chi connectivity index (χ4v) is 6.50. The van der Waals surface area contributed by atoms with Crippen LogP contribution < -0.4 is 10.6 Å². The van der Waals surface area contributed by atoms with E-state index in [-0.39, 0.29) is 40.8 Å². The summed E-state index contributed by atoms with van der Waals surface area (Å²) in [6.45, 7) is 14.9. The monoisotopic (exact) mass is 482 g/mol. The highest BCUT2D eigenvalue weighted by Crippen LogP contribution is 2.65. The van der Waals surface area contributed by atoms with Gasteiger partial charge >= 0.3 is 7.12 Å². The minimum absolute atomic E-state index is 0.0663. The van der Waals surface area contributed by atoms with Crippen molar-refractivity contribution in [2.75, 3.05) is 0 Å². The summed E-state index contributed by atoms with van der Waals surface area (Å²) in [4.78, 5) is 26.1. The Morgan fingerprint density at radius 1 is 1.03 bits per heavy atom. The smallest absolute Gasteiger partial charge is 0.404 e. The molecule has 6 atom stereocenters. The maximum absolute atomic E-state index is 13.6. The van der Waals surface area contributed by atoms with Crippen LogP contribution in [0.2, 0.25) is 0 Å². The van der Waals surface area contributed by atoms with Gasteiger partial charge in [0.15, 0.2) is 0 Å². The molecule has 3 saturated carbocycles. The van der Waals surface area contributed by atoms with Crippen LogP contribution in [-0.2, 0) is 25.3 Å². The van der Waals surface area contributed by atoms with Gasteiger partial charge in [-0.1, -0.05) is 71.9 Å². The molecule has 6 nitrogen and oxygen atoms in total. The average molecular weight is 482 g/mol. The summed E-state index contributed by atoms with van der Waals surface area (Å²) < 4.78 is 13.2. The second-order valence-corrected chi connectivity index (χ2v) is 12.5. The molecule has 1 aliphatic heterocycles. The molecule has 0 spiro atoms. The summed E-state index contributed by atoms with van der Waals surface area (Å²) >= 11 is 0. The lowest BCUT2D eigenvalue weighted by molar-refractivity contribution is -0.199. The molecule has 1 unspecified atom stereocenters. The molecule has 192 valence electrons. The van der Waals surface area contributed by atoms with Crippen LogP contribution in [0.5, 0.6) is 0 Å². The molecule has 4 aliphatic rings. The second-order valence-electron chi connectivity index (χ2n) is 12.5. The van der Waals surface area contributed by atoms with Crippen molar-refractivity contribution in [3.8, 4) is 0 Å². The van der Waals surface area contributed by atoms with Gasteiger partial charge in [-0.25, -0.2) is 0 Å². The van der Waals surface area contributed by atoms with Gasteiger partial charge in [0.05, 0.1) is 17.6 Å². The van der Waals surface area contributed by atoms with Crippen molar-refractivity contribution < 1.29 is 18.9 Å². The van der Waals surface area contributed by atoms with Crippen molar-refractivity contribution in [3.63, 3.8) is 0 Å². The maximum Gasteiger partial charge on any atom is 0.481 e. The van der Waals surface area contributed by atoms with E-state index >= 15 is 0 Å². The fourth-order valence-electron chi connectivity index (χ4n) is 6.50. The SMILES string of the molecule is CC(C)C[C@H](NC(=O)[C@H](Cc1ccccc1)NC(=O)C(C)C)B1OC2C[C@H]3C[C@H](C3(C)C)[C@@]2(C)O1. The van der Waals surface area contributed by atoms with Crippen LogP contribution in [0.3, 0.4) is 0 Å². The number of carbonyl (C=O) groups excluding carboxylic acids is 2. The van der Waals surface area contributed by atoms with E-state index in [1.54, 1.807) is 0 Å². The minimum atomic E-state index is -0.659. The van der Waals surface area contributed by atoms with Crippen molar-refractivity contribution in [2.45, 2.75) is 97.8 Å². The highest BCUT2D eigenvalue weighted by Gasteiger charge is 2.68. The lowest BCUT2D eigenvalue weighted by Crippen LogP contribution is -2.65. The zero-order chi connectivity index (χ0) is 25.5. The molecule has 0 aromatic heterocycles. The highest BCUT2D eigenvalue weighted by molar-refractivity contribution is 6.48. The van der Waals surface area contributed by atoms with Crippen molar-refractivity contribution in [3.05, 3.63) is 35.9 Å². The number of nitrogens with one attached hydrogen (secondary N) is 2. The van der Waals surface area contributed by atoms with Crippen molar-refractivity contribution in [1.29, 1.82) is 0 Å². The molecule has 4 fully saturated rings. The number of amides is 2. The van der Waals surface area contributed by atoms with Crippen molar-refractivity contribution >= 4 is 18.9 Å². The van der Waals surface area contributed by atoms with Gasteiger partial charge in [0.25, 0.3) is 0 Å². The molecule has 35 heavy (non-hydrogen) atoms. The summed E-state index contributed by atoms with van der Waals surface area (Å²) in [7, 11) is -0.482. The van der Waals surface area contributed by atoms with Crippen LogP contribution >= 0.6 is 0 Å². The Morgan fingerprint density at radius 2 is 1.71 bits per heavy atom. The second kappa shape index (κ2) is 9.89. The van der Waals surface area contributed by atoms with Gasteiger partial charge in [0.2, 0.25) is 11.8 Å². The Bertz CT molecular complexity index is 921. The molecule has 1 saturated heterocycles. The first kappa shape index (κ1) is 26.2. The molecule has 3 aliphatic carbocycles. The Morgan fingerprint density at radius 3 is 2.31 bits per heavy atom. The first-order valence-corrected chi connectivity index (χ1v) is 13.4. The van der Waals surface area contributed by atoms with Crippen LogP contribution in [0.15, 0.2) is 30.3 Å². The van der Waals surface area contributed by atoms with E-state index in [9.17, 15) is 9.59 Å². The first-order valence-electron chi connectivity index (χ1n) is 13.4. The van der Waals surface area contributed by atoms with E-state index in [1.165, 1.54) is 6.42 Å². The van der Waals surface area contributed by atoms with Gasteiger partial charge in [0, 0.05) is 12.3 Å². The lowest BCUT2D eigenvalue weighted by atomic mass is 9.43. The van der Waals surface area contributed by atoms with Gasteiger partial charge in [-0.15, -0.1) is 0 Å². The largest absolute Gasteiger partial charge is 0.481 e. The summed E-state index contributed by atoms with van der Waals surface area (Å²) in [6.07, 6.45) is 3.45. The number of rotatable bonds is 9. The van der Waals surface area contributed by atoms with E-state index in [0.717, 1.165) is 18.4 Å². The van der Waals surface area contributed by atoms with Gasteiger partial charge in [-0.3, -0.25) is 9.59 Å². The van der Waals surface area contributed by atoms with Crippen LogP contribution in [0.25, 0.3) is 0 Å². The average Bonchev–Trinajstić information content (AvgIpc) is 3.15. The van der Waals surface area contributed by atoms with Gasteiger partial charge < -0.3 is 19.9 Å². The Hall–Kier alpha value is -1.86. The zero-order valence-corrected chi connectivity index (χ0v) is 22.5. The van der Waals surface area contributed by atoms with Crippen LogP contribution in [0.1, 0.15) is 73.3 Å². The Kier molecular flexibility index (Phi) is 7.41. The van der Waals surface area contributed by atoms with Crippen molar-refractivity contribution in [1.82, 2.24) is 10.6 Å². The Labute approximate surface area is 211 Å². The van der Waals surface area contributed by atoms with Gasteiger partial charge in [0.1, 0.15) is 6.04 Å². The van der Waals surface area contributed by atoms with Gasteiger partial charge in [-0.05, 0) is 54.9 Å². The highest BCUT2D eigenvalue weighted by atomic mass is 16.7. The zero-order valence-electron chi connectivity index (χ0n) is 22.5. The Balaban J connectivity index is 1.50. The fraction of sp³-hybridized carbons (Fsp3) is 0.714. The lowest BCUT2D eigenvalue weighted by Gasteiger charge is -2.64.